The average molecular weight is 422 g/mol. The second-order valence-electron chi connectivity index (χ2n) is 10.1. The Labute approximate surface area is 175 Å². The van der Waals surface area contributed by atoms with Crippen LogP contribution in [0.2, 0.25) is 0 Å². The summed E-state index contributed by atoms with van der Waals surface area (Å²) in [4.78, 5) is 22.2. The van der Waals surface area contributed by atoms with E-state index in [-0.39, 0.29) is 29.8 Å². The molecule has 0 bridgehead atoms. The van der Waals surface area contributed by atoms with Crippen molar-refractivity contribution in [2.75, 3.05) is 13.1 Å². The molecule has 4 heterocycles. The van der Waals surface area contributed by atoms with E-state index in [9.17, 15) is 18.0 Å². The summed E-state index contributed by atoms with van der Waals surface area (Å²) in [6, 6.07) is 1.69. The summed E-state index contributed by atoms with van der Waals surface area (Å²) in [5.74, 6) is 1.08. The molecule has 2 saturated heterocycles. The monoisotopic (exact) mass is 421 g/mol. The van der Waals surface area contributed by atoms with Gasteiger partial charge >= 0.3 is 6.18 Å². The van der Waals surface area contributed by atoms with Crippen LogP contribution in [0.5, 0.6) is 0 Å². The van der Waals surface area contributed by atoms with Crippen molar-refractivity contribution >= 4 is 5.91 Å². The van der Waals surface area contributed by atoms with E-state index in [2.05, 4.69) is 23.7 Å². The van der Waals surface area contributed by atoms with Crippen molar-refractivity contribution in [2.24, 2.45) is 17.3 Å². The number of nitrogens with zero attached hydrogens (tertiary/aromatic N) is 3. The summed E-state index contributed by atoms with van der Waals surface area (Å²) < 4.78 is 39.4. The Morgan fingerprint density at radius 3 is 2.77 bits per heavy atom. The Kier molecular flexibility index (Phi) is 4.69. The van der Waals surface area contributed by atoms with Crippen molar-refractivity contribution in [1.29, 1.82) is 0 Å². The van der Waals surface area contributed by atoms with Crippen LogP contribution in [0.15, 0.2) is 12.3 Å². The maximum Gasteiger partial charge on any atom is 0.417 e. The third kappa shape index (κ3) is 3.07. The normalized spacial score (nSPS) is 37.0. The van der Waals surface area contributed by atoms with Gasteiger partial charge in [0.25, 0.3) is 0 Å². The van der Waals surface area contributed by atoms with E-state index in [0.717, 1.165) is 44.2 Å². The maximum absolute atomic E-state index is 13.6. The molecule has 4 nitrogen and oxygen atoms in total. The summed E-state index contributed by atoms with van der Waals surface area (Å²) in [5, 5.41) is 0. The molecule has 5 rings (SSSR count). The molecule has 1 spiro atoms. The third-order valence-electron chi connectivity index (χ3n) is 8.39. The summed E-state index contributed by atoms with van der Waals surface area (Å²) in [6.07, 6.45) is 2.44. The number of hydrogen-bond acceptors (Lipinski definition) is 3. The van der Waals surface area contributed by atoms with E-state index in [1.807, 2.05) is 4.90 Å². The number of piperidine rings is 1. The fraction of sp³-hybridized carbons (Fsp3) is 0.739. The van der Waals surface area contributed by atoms with Gasteiger partial charge in [0, 0.05) is 43.5 Å². The third-order valence-corrected chi connectivity index (χ3v) is 8.39. The topological polar surface area (TPSA) is 36.4 Å². The summed E-state index contributed by atoms with van der Waals surface area (Å²) in [7, 11) is 0. The number of likely N-dealkylation sites (tertiary alicyclic amines) is 1. The Morgan fingerprint density at radius 1 is 1.23 bits per heavy atom. The number of hydrogen-bond donors (Lipinski definition) is 0. The first-order chi connectivity index (χ1) is 14.2. The van der Waals surface area contributed by atoms with Gasteiger partial charge in [-0.1, -0.05) is 13.8 Å². The van der Waals surface area contributed by atoms with E-state index in [4.69, 9.17) is 0 Å². The molecule has 4 unspecified atom stereocenters. The highest BCUT2D eigenvalue weighted by molar-refractivity contribution is 5.87. The van der Waals surface area contributed by atoms with Crippen molar-refractivity contribution in [2.45, 2.75) is 77.2 Å². The van der Waals surface area contributed by atoms with Crippen molar-refractivity contribution in [3.05, 3.63) is 29.1 Å². The SMILES string of the molecule is CC1CCCN(C2CC[C@@]3(C2)C(=O)N2Cc4cc(C(F)(F)F)cnc4CC2C3C)C1. The summed E-state index contributed by atoms with van der Waals surface area (Å²) >= 11 is 0. The Bertz CT molecular complexity index is 857. The average Bonchev–Trinajstić information content (AvgIpc) is 3.24. The van der Waals surface area contributed by atoms with E-state index in [1.54, 1.807) is 0 Å². The lowest BCUT2D eigenvalue weighted by Crippen LogP contribution is -2.42. The molecule has 3 fully saturated rings. The molecule has 1 aromatic heterocycles. The van der Waals surface area contributed by atoms with Crippen LogP contribution < -0.4 is 0 Å². The second kappa shape index (κ2) is 6.94. The van der Waals surface area contributed by atoms with E-state index in [1.165, 1.54) is 18.9 Å². The van der Waals surface area contributed by atoms with Gasteiger partial charge in [-0.3, -0.25) is 9.78 Å². The molecule has 1 aromatic rings. The number of carbonyl (C=O) groups excluding carboxylic acids is 1. The van der Waals surface area contributed by atoms with Gasteiger partial charge in [0.05, 0.1) is 11.0 Å². The number of rotatable bonds is 1. The van der Waals surface area contributed by atoms with Crippen molar-refractivity contribution < 1.29 is 18.0 Å². The first-order valence-corrected chi connectivity index (χ1v) is 11.3. The Morgan fingerprint density at radius 2 is 2.03 bits per heavy atom. The highest BCUT2D eigenvalue weighted by Crippen LogP contribution is 2.55. The molecular weight excluding hydrogens is 391 g/mol. The molecule has 0 N–H and O–H groups in total. The number of amides is 1. The van der Waals surface area contributed by atoms with Gasteiger partial charge in [0.1, 0.15) is 0 Å². The van der Waals surface area contributed by atoms with Gasteiger partial charge in [-0.2, -0.15) is 13.2 Å². The van der Waals surface area contributed by atoms with E-state index < -0.39 is 11.7 Å². The van der Waals surface area contributed by atoms with Gasteiger partial charge in [-0.05, 0) is 62.1 Å². The van der Waals surface area contributed by atoms with Crippen LogP contribution in [0.1, 0.15) is 62.8 Å². The van der Waals surface area contributed by atoms with Crippen LogP contribution in [0.25, 0.3) is 0 Å². The lowest BCUT2D eigenvalue weighted by atomic mass is 9.73. The molecule has 7 heteroatoms. The lowest BCUT2D eigenvalue weighted by Gasteiger charge is -2.36. The fourth-order valence-electron chi connectivity index (χ4n) is 6.67. The van der Waals surface area contributed by atoms with Crippen LogP contribution in [-0.4, -0.2) is 45.9 Å². The minimum atomic E-state index is -4.41. The van der Waals surface area contributed by atoms with Crippen LogP contribution >= 0.6 is 0 Å². The fourth-order valence-corrected chi connectivity index (χ4v) is 6.67. The number of fused-ring (bicyclic) bond motifs is 2. The quantitative estimate of drug-likeness (QED) is 0.679. The molecule has 0 aromatic carbocycles. The Balaban J connectivity index is 1.38. The largest absolute Gasteiger partial charge is 0.417 e. The molecular formula is C23H30F3N3O. The zero-order valence-corrected chi connectivity index (χ0v) is 17.7. The molecule has 4 aliphatic rings. The predicted molar refractivity (Wildman–Crippen MR) is 106 cm³/mol. The lowest BCUT2D eigenvalue weighted by molar-refractivity contribution is -0.138. The second-order valence-corrected chi connectivity index (χ2v) is 10.1. The molecule has 164 valence electrons. The van der Waals surface area contributed by atoms with E-state index in [0.29, 0.717) is 23.9 Å². The van der Waals surface area contributed by atoms with E-state index >= 15 is 0 Å². The van der Waals surface area contributed by atoms with Crippen LogP contribution in [0, 0.1) is 17.3 Å². The van der Waals surface area contributed by atoms with Gasteiger partial charge in [0.2, 0.25) is 5.91 Å². The molecule has 5 atom stereocenters. The number of carbonyl (C=O) groups is 1. The molecule has 1 amide bonds. The highest BCUT2D eigenvalue weighted by Gasteiger charge is 2.61. The molecule has 1 aliphatic carbocycles. The minimum Gasteiger partial charge on any atom is -0.334 e. The molecule has 3 aliphatic heterocycles. The highest BCUT2D eigenvalue weighted by atomic mass is 19.4. The first-order valence-electron chi connectivity index (χ1n) is 11.3. The van der Waals surface area contributed by atoms with Crippen molar-refractivity contribution in [3.8, 4) is 0 Å². The zero-order valence-electron chi connectivity index (χ0n) is 17.7. The summed E-state index contributed by atoms with van der Waals surface area (Å²) in [6.45, 7) is 6.98. The van der Waals surface area contributed by atoms with Crippen molar-refractivity contribution in [3.63, 3.8) is 0 Å². The number of alkyl halides is 3. The van der Waals surface area contributed by atoms with Gasteiger partial charge in [-0.15, -0.1) is 0 Å². The van der Waals surface area contributed by atoms with Crippen LogP contribution in [0.3, 0.4) is 0 Å². The smallest absolute Gasteiger partial charge is 0.334 e. The minimum absolute atomic E-state index is 0.0493. The number of aromatic nitrogens is 1. The van der Waals surface area contributed by atoms with Crippen molar-refractivity contribution in [1.82, 2.24) is 14.8 Å². The standard InChI is InChI=1S/C23H30F3N3O/c1-14-4-3-7-28(12-14)18-5-6-22(10-18)15(2)20-9-19-16(13-29(20)21(22)30)8-17(11-27-19)23(24,25)26/h8,11,14-15,18,20H,3-7,9-10,12-13H2,1-2H3/t14?,15?,18?,20?,22-/m0/s1. The molecule has 1 saturated carbocycles. The van der Waals surface area contributed by atoms with Gasteiger partial charge in [-0.25, -0.2) is 0 Å². The first kappa shape index (κ1) is 20.3. The predicted octanol–water partition coefficient (Wildman–Crippen LogP) is 4.27. The van der Waals surface area contributed by atoms with Gasteiger partial charge < -0.3 is 9.80 Å². The molecule has 0 radical (unpaired) electrons. The number of pyridine rings is 1. The number of halogens is 3. The summed E-state index contributed by atoms with van der Waals surface area (Å²) in [5.41, 5.74) is 0.193. The molecule has 30 heavy (non-hydrogen) atoms. The van der Waals surface area contributed by atoms with Crippen LogP contribution in [-0.2, 0) is 23.9 Å². The van der Waals surface area contributed by atoms with Gasteiger partial charge in [0.15, 0.2) is 0 Å². The zero-order chi connectivity index (χ0) is 21.3. The Hall–Kier alpha value is -1.63. The maximum atomic E-state index is 13.6. The van der Waals surface area contributed by atoms with Crippen LogP contribution in [0.4, 0.5) is 13.2 Å².